The number of hydrogen-bond acceptors (Lipinski definition) is 5. The maximum Gasteiger partial charge on any atom is 0.243 e. The van der Waals surface area contributed by atoms with Crippen molar-refractivity contribution in [3.05, 3.63) is 115 Å². The molecule has 0 bridgehead atoms. The molecular formula is C29H28N2O4. The van der Waals surface area contributed by atoms with Crippen molar-refractivity contribution in [1.29, 1.82) is 0 Å². The number of hydrogen-bond donors (Lipinski definition) is 2. The maximum atomic E-state index is 12.3. The third kappa shape index (κ3) is 8.12. The summed E-state index contributed by atoms with van der Waals surface area (Å²) in [4.78, 5) is 12.3. The molecule has 6 heteroatoms. The van der Waals surface area contributed by atoms with Gasteiger partial charge in [-0.3, -0.25) is 4.79 Å². The van der Waals surface area contributed by atoms with Crippen LogP contribution in [0.2, 0.25) is 0 Å². The fourth-order valence-electron chi connectivity index (χ4n) is 3.27. The van der Waals surface area contributed by atoms with Crippen molar-refractivity contribution in [2.45, 2.75) is 6.61 Å². The van der Waals surface area contributed by atoms with Gasteiger partial charge in [-0.1, -0.05) is 48.5 Å². The third-order valence-corrected chi connectivity index (χ3v) is 5.06. The standard InChI is InChI=1S/C29H28N2O4/c32-29(21-30-24-11-15-28(16-12-24)35-22-23-7-3-1-4-8-23)31-25-13-17-27(18-14-25)34-20-19-33-26-9-5-2-6-10-26/h1-18,30H,19-22H2,(H,31,32). The number of nitrogens with one attached hydrogen (secondary N) is 2. The first kappa shape index (κ1) is 23.7. The van der Waals surface area contributed by atoms with Crippen molar-refractivity contribution >= 4 is 17.3 Å². The lowest BCUT2D eigenvalue weighted by atomic mass is 10.2. The molecule has 0 atom stereocenters. The molecule has 0 radical (unpaired) electrons. The highest BCUT2D eigenvalue weighted by Gasteiger charge is 2.04. The fourth-order valence-corrected chi connectivity index (χ4v) is 3.27. The average Bonchev–Trinajstić information content (AvgIpc) is 2.91. The zero-order chi connectivity index (χ0) is 24.1. The van der Waals surface area contributed by atoms with Crippen molar-refractivity contribution in [1.82, 2.24) is 0 Å². The first-order valence-corrected chi connectivity index (χ1v) is 11.5. The Morgan fingerprint density at radius 1 is 0.571 bits per heavy atom. The quantitative estimate of drug-likeness (QED) is 0.258. The second-order valence-corrected chi connectivity index (χ2v) is 7.73. The van der Waals surface area contributed by atoms with Crippen molar-refractivity contribution in [2.75, 3.05) is 30.4 Å². The van der Waals surface area contributed by atoms with Crippen molar-refractivity contribution in [3.8, 4) is 17.2 Å². The lowest BCUT2D eigenvalue weighted by Crippen LogP contribution is -2.21. The van der Waals surface area contributed by atoms with Crippen LogP contribution < -0.4 is 24.8 Å². The molecule has 0 aliphatic rings. The minimum absolute atomic E-state index is 0.140. The highest BCUT2D eigenvalue weighted by Crippen LogP contribution is 2.18. The molecule has 0 fully saturated rings. The van der Waals surface area contributed by atoms with Crippen LogP contribution in [0, 0.1) is 0 Å². The van der Waals surface area contributed by atoms with E-state index in [0.717, 1.165) is 22.7 Å². The number of rotatable bonds is 12. The van der Waals surface area contributed by atoms with Gasteiger partial charge in [0.1, 0.15) is 37.1 Å². The van der Waals surface area contributed by atoms with Crippen LogP contribution in [-0.2, 0) is 11.4 Å². The number of carbonyl (C=O) groups excluding carboxylic acids is 1. The van der Waals surface area contributed by atoms with Crippen molar-refractivity contribution in [2.24, 2.45) is 0 Å². The van der Waals surface area contributed by atoms with E-state index in [0.29, 0.717) is 31.3 Å². The lowest BCUT2D eigenvalue weighted by Gasteiger charge is -2.11. The van der Waals surface area contributed by atoms with Gasteiger partial charge in [0.25, 0.3) is 0 Å². The Morgan fingerprint density at radius 3 is 1.71 bits per heavy atom. The summed E-state index contributed by atoms with van der Waals surface area (Å²) in [6.07, 6.45) is 0. The van der Waals surface area contributed by atoms with Gasteiger partial charge < -0.3 is 24.8 Å². The van der Waals surface area contributed by atoms with Crippen LogP contribution in [-0.4, -0.2) is 25.7 Å². The maximum absolute atomic E-state index is 12.3. The Labute approximate surface area is 205 Å². The van der Waals surface area contributed by atoms with Gasteiger partial charge in [0, 0.05) is 11.4 Å². The zero-order valence-electron chi connectivity index (χ0n) is 19.4. The van der Waals surface area contributed by atoms with Crippen LogP contribution in [0.25, 0.3) is 0 Å². The molecule has 4 aromatic carbocycles. The van der Waals surface area contributed by atoms with E-state index in [1.165, 1.54) is 0 Å². The summed E-state index contributed by atoms with van der Waals surface area (Å²) in [6.45, 7) is 1.55. The molecule has 6 nitrogen and oxygen atoms in total. The molecule has 0 aliphatic carbocycles. The number of ether oxygens (including phenoxy) is 3. The summed E-state index contributed by atoms with van der Waals surface area (Å²) in [7, 11) is 0. The highest BCUT2D eigenvalue weighted by molar-refractivity contribution is 5.93. The molecule has 0 saturated carbocycles. The van der Waals surface area contributed by atoms with Crippen molar-refractivity contribution < 1.29 is 19.0 Å². The van der Waals surface area contributed by atoms with Gasteiger partial charge in [0.05, 0.1) is 6.54 Å². The molecule has 0 aliphatic heterocycles. The molecule has 0 aromatic heterocycles. The molecule has 178 valence electrons. The molecule has 0 unspecified atom stereocenters. The predicted molar refractivity (Wildman–Crippen MR) is 138 cm³/mol. The van der Waals surface area contributed by atoms with Crippen LogP contribution in [0.15, 0.2) is 109 Å². The topological polar surface area (TPSA) is 68.8 Å². The predicted octanol–water partition coefficient (Wildman–Crippen LogP) is 5.77. The molecule has 0 spiro atoms. The molecule has 4 rings (SSSR count). The van der Waals surface area contributed by atoms with E-state index in [-0.39, 0.29) is 12.5 Å². The third-order valence-electron chi connectivity index (χ3n) is 5.06. The Hall–Kier alpha value is -4.45. The van der Waals surface area contributed by atoms with E-state index >= 15 is 0 Å². The lowest BCUT2D eigenvalue weighted by molar-refractivity contribution is -0.114. The summed E-state index contributed by atoms with van der Waals surface area (Å²) in [5.41, 5.74) is 2.66. The molecule has 2 N–H and O–H groups in total. The Balaban J connectivity index is 1.14. The van der Waals surface area contributed by atoms with Crippen LogP contribution in [0.1, 0.15) is 5.56 Å². The van der Waals surface area contributed by atoms with Crippen LogP contribution in [0.5, 0.6) is 17.2 Å². The van der Waals surface area contributed by atoms with Crippen LogP contribution >= 0.6 is 0 Å². The molecule has 35 heavy (non-hydrogen) atoms. The minimum Gasteiger partial charge on any atom is -0.490 e. The van der Waals surface area contributed by atoms with Crippen LogP contribution in [0.3, 0.4) is 0 Å². The first-order valence-electron chi connectivity index (χ1n) is 11.5. The van der Waals surface area contributed by atoms with E-state index in [4.69, 9.17) is 14.2 Å². The number of para-hydroxylation sites is 1. The van der Waals surface area contributed by atoms with E-state index in [1.807, 2.05) is 109 Å². The molecule has 0 saturated heterocycles. The van der Waals surface area contributed by atoms with E-state index in [9.17, 15) is 4.79 Å². The molecule has 0 heterocycles. The molecule has 1 amide bonds. The average molecular weight is 469 g/mol. The molecule has 4 aromatic rings. The van der Waals surface area contributed by atoms with E-state index < -0.39 is 0 Å². The van der Waals surface area contributed by atoms with Crippen molar-refractivity contribution in [3.63, 3.8) is 0 Å². The fraction of sp³-hybridized carbons (Fsp3) is 0.138. The van der Waals surface area contributed by atoms with Gasteiger partial charge in [-0.15, -0.1) is 0 Å². The summed E-state index contributed by atoms with van der Waals surface area (Å²) < 4.78 is 17.1. The van der Waals surface area contributed by atoms with Gasteiger partial charge in [-0.05, 0) is 66.2 Å². The summed E-state index contributed by atoms with van der Waals surface area (Å²) >= 11 is 0. The van der Waals surface area contributed by atoms with Gasteiger partial charge in [0.2, 0.25) is 5.91 Å². The van der Waals surface area contributed by atoms with Gasteiger partial charge in [0.15, 0.2) is 0 Å². The first-order chi connectivity index (χ1) is 17.2. The normalized spacial score (nSPS) is 10.3. The largest absolute Gasteiger partial charge is 0.490 e. The smallest absolute Gasteiger partial charge is 0.243 e. The summed E-state index contributed by atoms with van der Waals surface area (Å²) in [6, 6.07) is 34.4. The minimum atomic E-state index is -0.140. The number of anilines is 2. The second-order valence-electron chi connectivity index (χ2n) is 7.73. The Bertz CT molecular complexity index is 1160. The zero-order valence-corrected chi connectivity index (χ0v) is 19.4. The number of benzene rings is 4. The number of carbonyl (C=O) groups is 1. The SMILES string of the molecule is O=C(CNc1ccc(OCc2ccccc2)cc1)Nc1ccc(OCCOc2ccccc2)cc1. The highest BCUT2D eigenvalue weighted by atomic mass is 16.5. The second kappa shape index (κ2) is 12.7. The van der Waals surface area contributed by atoms with E-state index in [2.05, 4.69) is 10.6 Å². The van der Waals surface area contributed by atoms with Gasteiger partial charge >= 0.3 is 0 Å². The Morgan fingerprint density at radius 2 is 1.09 bits per heavy atom. The van der Waals surface area contributed by atoms with Gasteiger partial charge in [-0.2, -0.15) is 0 Å². The van der Waals surface area contributed by atoms with Crippen LogP contribution in [0.4, 0.5) is 11.4 Å². The monoisotopic (exact) mass is 468 g/mol. The van der Waals surface area contributed by atoms with Gasteiger partial charge in [-0.25, -0.2) is 0 Å². The number of amides is 1. The summed E-state index contributed by atoms with van der Waals surface area (Å²) in [5.74, 6) is 2.17. The van der Waals surface area contributed by atoms with E-state index in [1.54, 1.807) is 0 Å². The summed E-state index contributed by atoms with van der Waals surface area (Å²) in [5, 5.41) is 5.99. The molecular weight excluding hydrogens is 440 g/mol. The Kier molecular flexibility index (Phi) is 8.60.